The van der Waals surface area contributed by atoms with E-state index in [9.17, 15) is 28.1 Å². The van der Waals surface area contributed by atoms with Crippen molar-refractivity contribution in [1.82, 2.24) is 14.7 Å². The second-order valence-corrected chi connectivity index (χ2v) is 8.81. The molecule has 1 amide bonds. The second kappa shape index (κ2) is 10.6. The predicted molar refractivity (Wildman–Crippen MR) is 126 cm³/mol. The van der Waals surface area contributed by atoms with Gasteiger partial charge < -0.3 is 9.80 Å². The average Bonchev–Trinajstić information content (AvgIpc) is 2.87. The number of anilines is 1. The summed E-state index contributed by atoms with van der Waals surface area (Å²) in [5.41, 5.74) is 0.390. The molecule has 0 unspecified atom stereocenters. The van der Waals surface area contributed by atoms with Crippen LogP contribution < -0.4 is 4.90 Å². The summed E-state index contributed by atoms with van der Waals surface area (Å²) in [7, 11) is 0. The van der Waals surface area contributed by atoms with Gasteiger partial charge in [0.25, 0.3) is 11.6 Å². The van der Waals surface area contributed by atoms with E-state index in [0.29, 0.717) is 37.4 Å². The Bertz CT molecular complexity index is 1030. The number of piperazine rings is 2. The third-order valence-electron chi connectivity index (χ3n) is 6.63. The molecule has 2 aromatic carbocycles. The number of carbonyl (C=O) groups is 1. The molecule has 2 heterocycles. The lowest BCUT2D eigenvalue weighted by atomic mass is 10.1. The number of hydrogen-bond donors (Lipinski definition) is 0. The largest absolute Gasteiger partial charge is 0.416 e. The number of nitro groups is 1. The zero-order chi connectivity index (χ0) is 25.0. The lowest BCUT2D eigenvalue weighted by Gasteiger charge is -2.39. The summed E-state index contributed by atoms with van der Waals surface area (Å²) < 4.78 is 39.0. The van der Waals surface area contributed by atoms with Gasteiger partial charge in [0.1, 0.15) is 0 Å². The Hall–Kier alpha value is -3.18. The molecule has 0 bridgehead atoms. The zero-order valence-electron chi connectivity index (χ0n) is 19.3. The number of amides is 1. The first-order chi connectivity index (χ1) is 16.7. The van der Waals surface area contributed by atoms with Crippen molar-refractivity contribution >= 4 is 17.3 Å². The quantitative estimate of drug-likeness (QED) is 0.457. The maximum atomic E-state index is 13.0. The number of nitrogens with zero attached hydrogens (tertiary/aromatic N) is 5. The molecule has 2 fully saturated rings. The Labute approximate surface area is 201 Å². The minimum absolute atomic E-state index is 0.0398. The summed E-state index contributed by atoms with van der Waals surface area (Å²) in [5, 5.41) is 10.8. The summed E-state index contributed by atoms with van der Waals surface area (Å²) in [6, 6.07) is 11.2. The highest BCUT2D eigenvalue weighted by Gasteiger charge is 2.31. The smallest absolute Gasteiger partial charge is 0.369 e. The molecule has 2 aromatic rings. The highest BCUT2D eigenvalue weighted by molar-refractivity contribution is 5.94. The van der Waals surface area contributed by atoms with Gasteiger partial charge in [-0.1, -0.05) is 6.07 Å². The Morgan fingerprint density at radius 1 is 0.857 bits per heavy atom. The van der Waals surface area contributed by atoms with Crippen LogP contribution in [0, 0.1) is 10.1 Å². The first-order valence-corrected chi connectivity index (χ1v) is 11.6. The molecule has 0 N–H and O–H groups in total. The third kappa shape index (κ3) is 6.29. The molecule has 4 rings (SSSR count). The molecule has 0 aromatic heterocycles. The van der Waals surface area contributed by atoms with Gasteiger partial charge in [-0.2, -0.15) is 13.2 Å². The normalized spacial score (nSPS) is 18.0. The Balaban J connectivity index is 1.19. The number of hydrogen-bond acceptors (Lipinski definition) is 6. The fourth-order valence-corrected chi connectivity index (χ4v) is 4.47. The summed E-state index contributed by atoms with van der Waals surface area (Å²) in [6.07, 6.45) is -4.34. The Kier molecular flexibility index (Phi) is 7.56. The van der Waals surface area contributed by atoms with Gasteiger partial charge in [0, 0.05) is 88.8 Å². The van der Waals surface area contributed by atoms with Crippen molar-refractivity contribution in [2.75, 3.05) is 70.3 Å². The maximum Gasteiger partial charge on any atom is 0.416 e. The van der Waals surface area contributed by atoms with Crippen LogP contribution in [0.5, 0.6) is 0 Å². The molecule has 8 nitrogen and oxygen atoms in total. The van der Waals surface area contributed by atoms with Crippen LogP contribution in [-0.2, 0) is 6.18 Å². The maximum absolute atomic E-state index is 13.0. The van der Waals surface area contributed by atoms with Crippen LogP contribution in [0.4, 0.5) is 24.5 Å². The van der Waals surface area contributed by atoms with Gasteiger partial charge in [0.2, 0.25) is 0 Å². The number of non-ortho nitro benzene ring substituents is 1. The van der Waals surface area contributed by atoms with E-state index in [1.165, 1.54) is 36.4 Å². The average molecular weight is 492 g/mol. The molecular formula is C24H28F3N5O3. The van der Waals surface area contributed by atoms with Crippen LogP contribution in [0.1, 0.15) is 15.9 Å². The van der Waals surface area contributed by atoms with E-state index in [1.54, 1.807) is 11.0 Å². The highest BCUT2D eigenvalue weighted by atomic mass is 19.4. The van der Waals surface area contributed by atoms with Crippen LogP contribution in [0.15, 0.2) is 48.5 Å². The molecule has 0 atom stereocenters. The van der Waals surface area contributed by atoms with Gasteiger partial charge in [-0.15, -0.1) is 0 Å². The lowest BCUT2D eigenvalue weighted by molar-refractivity contribution is -0.384. The van der Waals surface area contributed by atoms with E-state index in [1.807, 2.05) is 4.90 Å². The molecule has 2 aliphatic heterocycles. The Morgan fingerprint density at radius 3 is 1.97 bits per heavy atom. The van der Waals surface area contributed by atoms with Crippen molar-refractivity contribution in [2.24, 2.45) is 0 Å². The van der Waals surface area contributed by atoms with Crippen LogP contribution in [0.2, 0.25) is 0 Å². The number of rotatable bonds is 6. The van der Waals surface area contributed by atoms with E-state index in [4.69, 9.17) is 0 Å². The monoisotopic (exact) mass is 491 g/mol. The second-order valence-electron chi connectivity index (χ2n) is 8.81. The van der Waals surface area contributed by atoms with E-state index < -0.39 is 16.7 Å². The van der Waals surface area contributed by atoms with Crippen molar-refractivity contribution in [3.8, 4) is 0 Å². The van der Waals surface area contributed by atoms with Gasteiger partial charge in [-0.25, -0.2) is 0 Å². The van der Waals surface area contributed by atoms with Gasteiger partial charge in [0.05, 0.1) is 10.5 Å². The highest BCUT2D eigenvalue weighted by Crippen LogP contribution is 2.31. The van der Waals surface area contributed by atoms with Crippen LogP contribution in [-0.4, -0.2) is 91.0 Å². The van der Waals surface area contributed by atoms with Gasteiger partial charge in [-0.05, 0) is 30.3 Å². The first-order valence-electron chi connectivity index (χ1n) is 11.6. The molecule has 188 valence electrons. The molecule has 0 saturated carbocycles. The molecule has 35 heavy (non-hydrogen) atoms. The fourth-order valence-electron chi connectivity index (χ4n) is 4.47. The summed E-state index contributed by atoms with van der Waals surface area (Å²) in [6.45, 7) is 7.36. The summed E-state index contributed by atoms with van der Waals surface area (Å²) in [4.78, 5) is 31.4. The third-order valence-corrected chi connectivity index (χ3v) is 6.63. The Morgan fingerprint density at radius 2 is 1.43 bits per heavy atom. The number of carbonyl (C=O) groups excluding carboxylic acids is 1. The standard InChI is InChI=1S/C24H28F3N5O3/c25-24(26,27)20-2-1-3-22(18-20)30-14-10-28(11-15-30)8-9-29-12-16-31(17-13-29)23(33)19-4-6-21(7-5-19)32(34)35/h1-7,18H,8-17H2. The number of alkyl halides is 3. The van der Waals surface area contributed by atoms with Crippen molar-refractivity contribution in [2.45, 2.75) is 6.18 Å². The molecule has 11 heteroatoms. The van der Waals surface area contributed by atoms with Crippen molar-refractivity contribution < 1.29 is 22.9 Å². The van der Waals surface area contributed by atoms with Gasteiger partial charge in [0.15, 0.2) is 0 Å². The van der Waals surface area contributed by atoms with Gasteiger partial charge in [-0.3, -0.25) is 24.7 Å². The number of benzene rings is 2. The van der Waals surface area contributed by atoms with Crippen LogP contribution >= 0.6 is 0 Å². The van der Waals surface area contributed by atoms with E-state index in [0.717, 1.165) is 45.3 Å². The SMILES string of the molecule is O=C(c1ccc([N+](=O)[O-])cc1)N1CCN(CCN2CCN(c3cccc(C(F)(F)F)c3)CC2)CC1. The molecule has 0 spiro atoms. The molecule has 2 saturated heterocycles. The number of halogens is 3. The minimum Gasteiger partial charge on any atom is -0.369 e. The molecular weight excluding hydrogens is 463 g/mol. The predicted octanol–water partition coefficient (Wildman–Crippen LogP) is 3.19. The molecule has 2 aliphatic rings. The van der Waals surface area contributed by atoms with Crippen LogP contribution in [0.3, 0.4) is 0 Å². The molecule has 0 radical (unpaired) electrons. The first kappa shape index (κ1) is 24.9. The summed E-state index contributed by atoms with van der Waals surface area (Å²) >= 11 is 0. The van der Waals surface area contributed by atoms with Gasteiger partial charge >= 0.3 is 6.18 Å². The molecule has 0 aliphatic carbocycles. The van der Waals surface area contributed by atoms with Crippen LogP contribution in [0.25, 0.3) is 0 Å². The van der Waals surface area contributed by atoms with Crippen molar-refractivity contribution in [3.63, 3.8) is 0 Å². The van der Waals surface area contributed by atoms with Crippen molar-refractivity contribution in [1.29, 1.82) is 0 Å². The van der Waals surface area contributed by atoms with E-state index in [-0.39, 0.29) is 11.6 Å². The van der Waals surface area contributed by atoms with E-state index >= 15 is 0 Å². The summed E-state index contributed by atoms with van der Waals surface area (Å²) in [5.74, 6) is -0.120. The zero-order valence-corrected chi connectivity index (χ0v) is 19.3. The fraction of sp³-hybridized carbons (Fsp3) is 0.458. The number of nitro benzene ring substituents is 1. The lowest BCUT2D eigenvalue weighted by Crippen LogP contribution is -2.52. The van der Waals surface area contributed by atoms with E-state index in [2.05, 4.69) is 9.80 Å². The van der Waals surface area contributed by atoms with Crippen molar-refractivity contribution in [3.05, 3.63) is 69.8 Å². The minimum atomic E-state index is -4.34. The topological polar surface area (TPSA) is 73.2 Å².